The molecular weight excluding hydrogens is 189 g/mol. The van der Waals surface area contributed by atoms with Crippen molar-refractivity contribution >= 4 is 7.12 Å². The number of hydrogen-bond acceptors (Lipinski definition) is 3. The monoisotopic (exact) mass is 209 g/mol. The minimum atomic E-state index is -1.17. The van der Waals surface area contributed by atoms with E-state index in [0.717, 1.165) is 13.1 Å². The van der Waals surface area contributed by atoms with Gasteiger partial charge in [0.2, 0.25) is 0 Å². The zero-order valence-electron chi connectivity index (χ0n) is 9.72. The van der Waals surface area contributed by atoms with Crippen LogP contribution in [0.3, 0.4) is 0 Å². The van der Waals surface area contributed by atoms with Crippen molar-refractivity contribution in [3.05, 3.63) is 35.9 Å². The van der Waals surface area contributed by atoms with Gasteiger partial charge in [0, 0.05) is 6.54 Å². The molecule has 0 bridgehead atoms. The predicted molar refractivity (Wildman–Crippen MR) is 64.5 cm³/mol. The number of benzene rings is 1. The molecule has 0 heterocycles. The Morgan fingerprint density at radius 2 is 1.67 bits per heavy atom. The molecule has 3 nitrogen and oxygen atoms in total. The highest BCUT2D eigenvalue weighted by atomic mass is 16.4. The highest BCUT2D eigenvalue weighted by Gasteiger charge is 1.94. The van der Waals surface area contributed by atoms with E-state index < -0.39 is 7.12 Å². The topological polar surface area (TPSA) is 43.7 Å². The third kappa shape index (κ3) is 9.47. The molecule has 1 aromatic rings. The van der Waals surface area contributed by atoms with Crippen molar-refractivity contribution < 1.29 is 10.0 Å². The minimum absolute atomic E-state index is 1.05. The molecule has 15 heavy (non-hydrogen) atoms. The van der Waals surface area contributed by atoms with Crippen molar-refractivity contribution in [3.8, 4) is 0 Å². The maximum Gasteiger partial charge on any atom is 0.448 e. The summed E-state index contributed by atoms with van der Waals surface area (Å²) in [6, 6.07) is 10.5. The molecule has 84 valence electrons. The highest BCUT2D eigenvalue weighted by Crippen LogP contribution is 2.01. The summed E-state index contributed by atoms with van der Waals surface area (Å²) in [5, 5.41) is 15.2. The van der Waals surface area contributed by atoms with Crippen LogP contribution in [0.4, 0.5) is 0 Å². The Bertz CT molecular complexity index is 239. The van der Waals surface area contributed by atoms with E-state index in [2.05, 4.69) is 49.2 Å². The standard InChI is InChI=1S/C10H15N.CH5BO2/c1-3-11(2)9-10-7-5-4-6-8-10;1-2(3)4/h4-8H,3,9H2,1-2H3;3-4H,1H3. The number of nitrogens with zero attached hydrogens (tertiary/aromatic N) is 1. The fourth-order valence-electron chi connectivity index (χ4n) is 1.01. The predicted octanol–water partition coefficient (Wildman–Crippen LogP) is 1.23. The van der Waals surface area contributed by atoms with Gasteiger partial charge >= 0.3 is 7.12 Å². The quantitative estimate of drug-likeness (QED) is 0.735. The van der Waals surface area contributed by atoms with E-state index in [9.17, 15) is 0 Å². The third-order valence-corrected chi connectivity index (χ3v) is 1.84. The Morgan fingerprint density at radius 3 is 2.07 bits per heavy atom. The van der Waals surface area contributed by atoms with Crippen molar-refractivity contribution in [1.29, 1.82) is 0 Å². The van der Waals surface area contributed by atoms with Crippen LogP contribution in [0.5, 0.6) is 0 Å². The molecule has 0 radical (unpaired) electrons. The second-order valence-corrected chi connectivity index (χ2v) is 3.45. The van der Waals surface area contributed by atoms with Crippen molar-refractivity contribution in [2.24, 2.45) is 0 Å². The van der Waals surface area contributed by atoms with Gasteiger partial charge in [-0.1, -0.05) is 37.3 Å². The average molecular weight is 209 g/mol. The van der Waals surface area contributed by atoms with Crippen LogP contribution < -0.4 is 0 Å². The Labute approximate surface area is 92.5 Å². The SMILES string of the molecule is CB(O)O.CCN(C)Cc1ccccc1. The summed E-state index contributed by atoms with van der Waals surface area (Å²) in [4.78, 5) is 2.29. The summed E-state index contributed by atoms with van der Waals surface area (Å²) in [7, 11) is 0.965. The molecule has 0 spiro atoms. The zero-order valence-corrected chi connectivity index (χ0v) is 9.72. The zero-order chi connectivity index (χ0) is 11.7. The lowest BCUT2D eigenvalue weighted by molar-refractivity contribution is 0.346. The van der Waals surface area contributed by atoms with E-state index in [-0.39, 0.29) is 0 Å². The Balaban J connectivity index is 0.000000423. The van der Waals surface area contributed by atoms with Gasteiger partial charge in [0.05, 0.1) is 0 Å². The van der Waals surface area contributed by atoms with Crippen LogP contribution in [0.1, 0.15) is 12.5 Å². The van der Waals surface area contributed by atoms with Crippen LogP contribution in [0.25, 0.3) is 0 Å². The fraction of sp³-hybridized carbons (Fsp3) is 0.455. The van der Waals surface area contributed by atoms with Gasteiger partial charge in [-0.05, 0) is 26.0 Å². The van der Waals surface area contributed by atoms with Gasteiger partial charge in [0.25, 0.3) is 0 Å². The fourth-order valence-corrected chi connectivity index (χ4v) is 1.01. The first-order valence-corrected chi connectivity index (χ1v) is 5.14. The number of rotatable bonds is 3. The van der Waals surface area contributed by atoms with E-state index in [1.807, 2.05) is 0 Å². The van der Waals surface area contributed by atoms with Crippen molar-refractivity contribution in [2.75, 3.05) is 13.6 Å². The van der Waals surface area contributed by atoms with Gasteiger partial charge in [-0.15, -0.1) is 0 Å². The van der Waals surface area contributed by atoms with Gasteiger partial charge in [-0.25, -0.2) is 0 Å². The molecule has 4 heteroatoms. The van der Waals surface area contributed by atoms with Gasteiger partial charge in [0.1, 0.15) is 0 Å². The molecule has 0 aliphatic carbocycles. The molecule has 0 saturated heterocycles. The van der Waals surface area contributed by atoms with E-state index in [0.29, 0.717) is 0 Å². The summed E-state index contributed by atoms with van der Waals surface area (Å²) >= 11 is 0. The van der Waals surface area contributed by atoms with Crippen molar-refractivity contribution in [3.63, 3.8) is 0 Å². The average Bonchev–Trinajstić information content (AvgIpc) is 2.18. The molecule has 0 aromatic heterocycles. The van der Waals surface area contributed by atoms with Gasteiger partial charge in [-0.3, -0.25) is 0 Å². The van der Waals surface area contributed by atoms with Gasteiger partial charge in [-0.2, -0.15) is 0 Å². The summed E-state index contributed by atoms with van der Waals surface area (Å²) in [6.07, 6.45) is 0. The van der Waals surface area contributed by atoms with Crippen LogP contribution >= 0.6 is 0 Å². The molecule has 1 rings (SSSR count). The summed E-state index contributed by atoms with van der Waals surface area (Å²) in [6.45, 7) is 5.61. The second kappa shape index (κ2) is 8.47. The molecule has 0 atom stereocenters. The third-order valence-electron chi connectivity index (χ3n) is 1.84. The molecule has 0 unspecified atom stereocenters. The van der Waals surface area contributed by atoms with Crippen LogP contribution in [0, 0.1) is 0 Å². The summed E-state index contributed by atoms with van der Waals surface area (Å²) < 4.78 is 0. The molecule has 0 aliphatic rings. The Morgan fingerprint density at radius 1 is 1.20 bits per heavy atom. The minimum Gasteiger partial charge on any atom is -0.427 e. The van der Waals surface area contributed by atoms with Crippen molar-refractivity contribution in [1.82, 2.24) is 4.90 Å². The number of hydrogen-bond donors (Lipinski definition) is 2. The van der Waals surface area contributed by atoms with Crippen LogP contribution in [0.2, 0.25) is 6.82 Å². The van der Waals surface area contributed by atoms with Crippen LogP contribution in [-0.4, -0.2) is 35.7 Å². The molecule has 0 amide bonds. The normalized spacial score (nSPS) is 9.47. The lowest BCUT2D eigenvalue weighted by Crippen LogP contribution is -2.16. The molecule has 1 aromatic carbocycles. The van der Waals surface area contributed by atoms with Gasteiger partial charge < -0.3 is 14.9 Å². The Kier molecular flexibility index (Phi) is 8.00. The molecular formula is C11H20BNO2. The largest absolute Gasteiger partial charge is 0.448 e. The maximum atomic E-state index is 7.61. The first-order chi connectivity index (χ1) is 7.06. The molecule has 2 N–H and O–H groups in total. The molecule has 0 saturated carbocycles. The lowest BCUT2D eigenvalue weighted by atomic mass is 9.99. The van der Waals surface area contributed by atoms with Crippen LogP contribution in [0.15, 0.2) is 30.3 Å². The first-order valence-electron chi connectivity index (χ1n) is 5.14. The first kappa shape index (κ1) is 14.2. The second-order valence-electron chi connectivity index (χ2n) is 3.45. The molecule has 0 fully saturated rings. The van der Waals surface area contributed by atoms with E-state index in [1.54, 1.807) is 0 Å². The summed E-state index contributed by atoms with van der Waals surface area (Å²) in [5.74, 6) is 0. The van der Waals surface area contributed by atoms with Crippen molar-refractivity contribution in [2.45, 2.75) is 20.3 Å². The van der Waals surface area contributed by atoms with E-state index in [4.69, 9.17) is 10.0 Å². The van der Waals surface area contributed by atoms with E-state index >= 15 is 0 Å². The lowest BCUT2D eigenvalue weighted by Gasteiger charge is -2.12. The van der Waals surface area contributed by atoms with Gasteiger partial charge in [0.15, 0.2) is 0 Å². The smallest absolute Gasteiger partial charge is 0.427 e. The van der Waals surface area contributed by atoms with Crippen LogP contribution in [-0.2, 0) is 6.54 Å². The van der Waals surface area contributed by atoms with E-state index in [1.165, 1.54) is 12.4 Å². The highest BCUT2D eigenvalue weighted by molar-refractivity contribution is 6.38. The Hall–Kier alpha value is -0.835. The molecule has 0 aliphatic heterocycles. The summed E-state index contributed by atoms with van der Waals surface area (Å²) in [5.41, 5.74) is 1.39. The maximum absolute atomic E-state index is 7.61.